The summed E-state index contributed by atoms with van der Waals surface area (Å²) in [4.78, 5) is 24.5. The number of carbonyl (C=O) groups is 1. The first kappa shape index (κ1) is 15.6. The van der Waals surface area contributed by atoms with Crippen LogP contribution >= 0.6 is 15.9 Å². The number of hydrogen-bond donors (Lipinski definition) is 0. The first-order valence-corrected chi connectivity index (χ1v) is 8.13. The number of alkyl halides is 2. The molecule has 1 amide bonds. The van der Waals surface area contributed by atoms with E-state index in [4.69, 9.17) is 0 Å². The Morgan fingerprint density at radius 1 is 1.23 bits per heavy atom. The largest absolute Gasteiger partial charge is 0.342 e. The summed E-state index contributed by atoms with van der Waals surface area (Å²) in [5.74, 6) is -2.19. The molecule has 2 aliphatic heterocycles. The molecule has 0 radical (unpaired) electrons. The van der Waals surface area contributed by atoms with E-state index in [0.717, 1.165) is 4.47 Å². The highest BCUT2D eigenvalue weighted by Gasteiger charge is 2.39. The van der Waals surface area contributed by atoms with Crippen molar-refractivity contribution in [1.29, 1.82) is 0 Å². The third-order valence-corrected chi connectivity index (χ3v) is 4.64. The lowest BCUT2D eigenvalue weighted by molar-refractivity contribution is -0.140. The van der Waals surface area contributed by atoms with Crippen molar-refractivity contribution in [3.05, 3.63) is 16.9 Å². The van der Waals surface area contributed by atoms with E-state index in [-0.39, 0.29) is 37.8 Å². The third-order valence-electron chi connectivity index (χ3n) is 4.23. The van der Waals surface area contributed by atoms with Gasteiger partial charge in [-0.1, -0.05) is 0 Å². The van der Waals surface area contributed by atoms with Gasteiger partial charge >= 0.3 is 0 Å². The fraction of sp³-hybridized carbons (Fsp3) is 0.643. The number of carbonyl (C=O) groups excluding carboxylic acids is 1. The number of rotatable bonds is 2. The van der Waals surface area contributed by atoms with E-state index in [1.807, 2.05) is 4.90 Å². The zero-order valence-corrected chi connectivity index (χ0v) is 13.6. The standard InChI is InChI=1S/C14H17BrF2N4O/c15-11-7-18-13(19-8-11)21-4-1-10(9-21)12(22)20-5-2-14(16,17)3-6-20/h7-8,10H,1-6,9H2. The highest BCUT2D eigenvalue weighted by atomic mass is 79.9. The van der Waals surface area contributed by atoms with Gasteiger partial charge in [0.2, 0.25) is 11.9 Å². The van der Waals surface area contributed by atoms with Crippen LogP contribution in [0, 0.1) is 5.92 Å². The molecule has 5 nitrogen and oxygen atoms in total. The molecule has 1 atom stereocenters. The number of hydrogen-bond acceptors (Lipinski definition) is 4. The van der Waals surface area contributed by atoms with Crippen LogP contribution in [0.1, 0.15) is 19.3 Å². The predicted molar refractivity (Wildman–Crippen MR) is 80.8 cm³/mol. The van der Waals surface area contributed by atoms with Gasteiger partial charge in [0.25, 0.3) is 5.92 Å². The smallest absolute Gasteiger partial charge is 0.251 e. The monoisotopic (exact) mass is 374 g/mol. The van der Waals surface area contributed by atoms with Crippen LogP contribution in [-0.2, 0) is 4.79 Å². The van der Waals surface area contributed by atoms with E-state index in [2.05, 4.69) is 25.9 Å². The van der Waals surface area contributed by atoms with Gasteiger partial charge in [0.1, 0.15) is 0 Å². The maximum atomic E-state index is 13.2. The number of anilines is 1. The Balaban J connectivity index is 1.58. The van der Waals surface area contributed by atoms with Crippen molar-refractivity contribution in [1.82, 2.24) is 14.9 Å². The molecule has 1 unspecified atom stereocenters. The highest BCUT2D eigenvalue weighted by molar-refractivity contribution is 9.10. The quantitative estimate of drug-likeness (QED) is 0.796. The van der Waals surface area contributed by atoms with Crippen LogP contribution in [0.25, 0.3) is 0 Å². The number of amides is 1. The summed E-state index contributed by atoms with van der Waals surface area (Å²) in [6, 6.07) is 0. The second-order valence-electron chi connectivity index (χ2n) is 5.81. The summed E-state index contributed by atoms with van der Waals surface area (Å²) in [5.41, 5.74) is 0. The Hall–Kier alpha value is -1.31. The lowest BCUT2D eigenvalue weighted by Gasteiger charge is -2.33. The van der Waals surface area contributed by atoms with E-state index in [0.29, 0.717) is 25.5 Å². The van der Waals surface area contributed by atoms with E-state index in [1.54, 1.807) is 17.3 Å². The van der Waals surface area contributed by atoms with Gasteiger partial charge in [0, 0.05) is 51.4 Å². The summed E-state index contributed by atoms with van der Waals surface area (Å²) in [6.07, 6.45) is 3.59. The van der Waals surface area contributed by atoms with Crippen molar-refractivity contribution in [3.8, 4) is 0 Å². The second-order valence-corrected chi connectivity index (χ2v) is 6.73. The van der Waals surface area contributed by atoms with Crippen LogP contribution in [0.15, 0.2) is 16.9 Å². The molecule has 1 aromatic heterocycles. The van der Waals surface area contributed by atoms with Gasteiger partial charge in [-0.15, -0.1) is 0 Å². The Labute approximate surface area is 135 Å². The molecule has 2 fully saturated rings. The highest BCUT2D eigenvalue weighted by Crippen LogP contribution is 2.30. The van der Waals surface area contributed by atoms with Crippen molar-refractivity contribution in [2.24, 2.45) is 5.92 Å². The normalized spacial score (nSPS) is 24.6. The van der Waals surface area contributed by atoms with Crippen LogP contribution in [0.4, 0.5) is 14.7 Å². The van der Waals surface area contributed by atoms with Gasteiger partial charge in [-0.05, 0) is 22.4 Å². The molecule has 22 heavy (non-hydrogen) atoms. The molecule has 120 valence electrons. The zero-order chi connectivity index (χ0) is 15.7. The molecule has 2 aliphatic rings. The molecule has 0 aromatic carbocycles. The Morgan fingerprint density at radius 2 is 1.86 bits per heavy atom. The summed E-state index contributed by atoms with van der Waals surface area (Å²) >= 11 is 3.28. The maximum absolute atomic E-state index is 13.2. The van der Waals surface area contributed by atoms with Gasteiger partial charge in [-0.25, -0.2) is 18.7 Å². The van der Waals surface area contributed by atoms with E-state index < -0.39 is 5.92 Å². The van der Waals surface area contributed by atoms with Crippen LogP contribution < -0.4 is 4.90 Å². The minimum atomic E-state index is -2.62. The summed E-state index contributed by atoms with van der Waals surface area (Å²) in [5, 5.41) is 0. The van der Waals surface area contributed by atoms with Crippen molar-refractivity contribution in [2.45, 2.75) is 25.2 Å². The predicted octanol–water partition coefficient (Wildman–Crippen LogP) is 2.32. The van der Waals surface area contributed by atoms with Gasteiger partial charge in [-0.3, -0.25) is 4.79 Å². The van der Waals surface area contributed by atoms with Crippen LogP contribution in [0.5, 0.6) is 0 Å². The number of nitrogens with zero attached hydrogens (tertiary/aromatic N) is 4. The molecule has 0 aliphatic carbocycles. The van der Waals surface area contributed by atoms with Crippen LogP contribution in [-0.4, -0.2) is 52.9 Å². The first-order valence-electron chi connectivity index (χ1n) is 7.34. The summed E-state index contributed by atoms with van der Waals surface area (Å²) in [7, 11) is 0. The average molecular weight is 375 g/mol. The molecule has 3 heterocycles. The lowest BCUT2D eigenvalue weighted by Crippen LogP contribution is -2.45. The number of likely N-dealkylation sites (tertiary alicyclic amines) is 1. The Bertz CT molecular complexity index is 544. The molecule has 1 aromatic rings. The van der Waals surface area contributed by atoms with Crippen molar-refractivity contribution in [2.75, 3.05) is 31.1 Å². The molecular weight excluding hydrogens is 358 g/mol. The lowest BCUT2D eigenvalue weighted by atomic mass is 10.0. The van der Waals surface area contributed by atoms with Gasteiger partial charge in [-0.2, -0.15) is 0 Å². The van der Waals surface area contributed by atoms with Crippen LogP contribution in [0.3, 0.4) is 0 Å². The van der Waals surface area contributed by atoms with E-state index in [1.165, 1.54) is 0 Å². The first-order chi connectivity index (χ1) is 10.4. The van der Waals surface area contributed by atoms with Crippen molar-refractivity contribution in [3.63, 3.8) is 0 Å². The molecule has 0 bridgehead atoms. The fourth-order valence-electron chi connectivity index (χ4n) is 2.92. The van der Waals surface area contributed by atoms with Crippen molar-refractivity contribution >= 4 is 27.8 Å². The maximum Gasteiger partial charge on any atom is 0.251 e. The number of piperidine rings is 1. The third kappa shape index (κ3) is 3.37. The van der Waals surface area contributed by atoms with Crippen LogP contribution in [0.2, 0.25) is 0 Å². The van der Waals surface area contributed by atoms with E-state index >= 15 is 0 Å². The van der Waals surface area contributed by atoms with Gasteiger partial charge in [0.15, 0.2) is 0 Å². The molecular formula is C14H17BrF2N4O. The van der Waals surface area contributed by atoms with Crippen molar-refractivity contribution < 1.29 is 13.6 Å². The van der Waals surface area contributed by atoms with Gasteiger partial charge < -0.3 is 9.80 Å². The second kappa shape index (κ2) is 6.06. The molecule has 0 saturated carbocycles. The molecule has 3 rings (SSSR count). The SMILES string of the molecule is O=C(C1CCN(c2ncc(Br)cn2)C1)N1CCC(F)(F)CC1. The molecule has 8 heteroatoms. The average Bonchev–Trinajstić information content (AvgIpc) is 2.97. The Morgan fingerprint density at radius 3 is 2.50 bits per heavy atom. The van der Waals surface area contributed by atoms with E-state index in [9.17, 15) is 13.6 Å². The molecule has 0 spiro atoms. The summed E-state index contributed by atoms with van der Waals surface area (Å²) in [6.45, 7) is 1.56. The molecule has 2 saturated heterocycles. The zero-order valence-electron chi connectivity index (χ0n) is 12.0. The van der Waals surface area contributed by atoms with Gasteiger partial charge in [0.05, 0.1) is 10.4 Å². The molecule has 0 N–H and O–H groups in total. The fourth-order valence-corrected chi connectivity index (χ4v) is 3.13. The Kier molecular flexibility index (Phi) is 4.29. The number of aromatic nitrogens is 2. The minimum absolute atomic E-state index is 0.0184. The summed E-state index contributed by atoms with van der Waals surface area (Å²) < 4.78 is 27.1. The topological polar surface area (TPSA) is 49.3 Å². The minimum Gasteiger partial charge on any atom is -0.342 e. The number of halogens is 3.